The van der Waals surface area contributed by atoms with Gasteiger partial charge in [0.2, 0.25) is 0 Å². The van der Waals surface area contributed by atoms with Gasteiger partial charge in [-0.1, -0.05) is 6.07 Å². The fraction of sp³-hybridized carbons (Fsp3) is 0.0909. The summed E-state index contributed by atoms with van der Waals surface area (Å²) < 4.78 is 42.7. The lowest BCUT2D eigenvalue weighted by Crippen LogP contribution is -2.12. The second-order valence-corrected chi connectivity index (χ2v) is 3.60. The van der Waals surface area contributed by atoms with Crippen LogP contribution in [0.2, 0.25) is 0 Å². The van der Waals surface area contributed by atoms with Crippen LogP contribution >= 0.6 is 0 Å². The number of primary amides is 1. The van der Waals surface area contributed by atoms with E-state index >= 15 is 0 Å². The van der Waals surface area contributed by atoms with E-state index in [0.29, 0.717) is 0 Å². The molecule has 2 aromatic rings. The zero-order valence-electron chi connectivity index (χ0n) is 9.36. The number of nitrogens with two attached hydrogens (primary N) is 1. The average molecular weight is 271 g/mol. The lowest BCUT2D eigenvalue weighted by molar-refractivity contribution is -0.137. The summed E-state index contributed by atoms with van der Waals surface area (Å²) in [6.45, 7) is 0. The number of alkyl halides is 3. The molecule has 100 valence electrons. The lowest BCUT2D eigenvalue weighted by Gasteiger charge is -2.09. The maximum Gasteiger partial charge on any atom is 0.416 e. The Morgan fingerprint density at radius 3 is 2.74 bits per heavy atom. The van der Waals surface area contributed by atoms with Crippen LogP contribution in [0.25, 0.3) is 0 Å². The topological polar surface area (TPSA) is 81.0 Å². The molecule has 1 heterocycles. The van der Waals surface area contributed by atoms with Crippen molar-refractivity contribution in [3.63, 3.8) is 0 Å². The highest BCUT2D eigenvalue weighted by Crippen LogP contribution is 2.32. The summed E-state index contributed by atoms with van der Waals surface area (Å²) in [6, 6.07) is 4.25. The Balaban J connectivity index is 2.29. The van der Waals surface area contributed by atoms with Crippen LogP contribution in [0.15, 0.2) is 30.5 Å². The summed E-state index contributed by atoms with van der Waals surface area (Å²) in [6.07, 6.45) is -3.32. The fourth-order valence-electron chi connectivity index (χ4n) is 1.39. The van der Waals surface area contributed by atoms with E-state index in [1.165, 1.54) is 12.1 Å². The van der Waals surface area contributed by atoms with Crippen LogP contribution in [0.4, 0.5) is 13.2 Å². The van der Waals surface area contributed by atoms with Gasteiger partial charge in [-0.05, 0) is 18.2 Å². The third-order valence-electron chi connectivity index (χ3n) is 2.24. The molecule has 0 saturated heterocycles. The van der Waals surface area contributed by atoms with E-state index in [1.807, 2.05) is 0 Å². The Bertz CT molecular complexity index is 607. The van der Waals surface area contributed by atoms with E-state index in [4.69, 9.17) is 10.5 Å². The van der Waals surface area contributed by atoms with Crippen molar-refractivity contribution in [2.45, 2.75) is 6.18 Å². The molecule has 0 fully saturated rings. The van der Waals surface area contributed by atoms with Crippen molar-refractivity contribution < 1.29 is 22.7 Å². The highest BCUT2D eigenvalue weighted by Gasteiger charge is 2.30. The number of nitrogens with one attached hydrogen (secondary N) is 1. The highest BCUT2D eigenvalue weighted by atomic mass is 19.4. The molecule has 3 N–H and O–H groups in total. The van der Waals surface area contributed by atoms with Crippen molar-refractivity contribution in [3.05, 3.63) is 41.7 Å². The monoisotopic (exact) mass is 271 g/mol. The molecule has 0 radical (unpaired) electrons. The van der Waals surface area contributed by atoms with E-state index in [9.17, 15) is 18.0 Å². The van der Waals surface area contributed by atoms with Crippen LogP contribution in [-0.4, -0.2) is 16.1 Å². The van der Waals surface area contributed by atoms with E-state index in [2.05, 4.69) is 10.2 Å². The van der Waals surface area contributed by atoms with Gasteiger partial charge in [-0.25, -0.2) is 0 Å². The maximum atomic E-state index is 12.5. The van der Waals surface area contributed by atoms with Crippen LogP contribution in [0.1, 0.15) is 16.1 Å². The minimum Gasteiger partial charge on any atom is -0.453 e. The molecule has 1 aromatic carbocycles. The molecule has 0 atom stereocenters. The number of nitrogens with zero attached hydrogens (tertiary/aromatic N) is 1. The molecule has 0 bridgehead atoms. The van der Waals surface area contributed by atoms with Crippen molar-refractivity contribution in [2.75, 3.05) is 0 Å². The minimum atomic E-state index is -4.47. The molecule has 8 heteroatoms. The molecular weight excluding hydrogens is 263 g/mol. The number of halogens is 3. The molecule has 0 aliphatic carbocycles. The molecule has 1 amide bonds. The zero-order chi connectivity index (χ0) is 14.0. The quantitative estimate of drug-likeness (QED) is 0.898. The van der Waals surface area contributed by atoms with Gasteiger partial charge in [-0.3, -0.25) is 9.89 Å². The number of hydrogen-bond acceptors (Lipinski definition) is 3. The van der Waals surface area contributed by atoms with Gasteiger partial charge in [0.25, 0.3) is 5.91 Å². The number of aromatic nitrogens is 2. The highest BCUT2D eigenvalue weighted by molar-refractivity contribution is 5.93. The Morgan fingerprint density at radius 1 is 1.37 bits per heavy atom. The molecule has 5 nitrogen and oxygen atoms in total. The molecule has 19 heavy (non-hydrogen) atoms. The first-order valence-corrected chi connectivity index (χ1v) is 5.06. The largest absolute Gasteiger partial charge is 0.453 e. The smallest absolute Gasteiger partial charge is 0.416 e. The molecule has 1 aromatic heterocycles. The Kier molecular flexibility index (Phi) is 3.16. The van der Waals surface area contributed by atoms with E-state index in [1.54, 1.807) is 0 Å². The van der Waals surface area contributed by atoms with Crippen molar-refractivity contribution in [1.29, 1.82) is 0 Å². The third kappa shape index (κ3) is 2.84. The zero-order valence-corrected chi connectivity index (χ0v) is 9.36. The van der Waals surface area contributed by atoms with Crippen molar-refractivity contribution in [1.82, 2.24) is 10.2 Å². The summed E-state index contributed by atoms with van der Waals surface area (Å²) in [4.78, 5) is 11.0. The molecule has 0 aliphatic heterocycles. The molecule has 0 spiro atoms. The number of amides is 1. The maximum absolute atomic E-state index is 12.5. The van der Waals surface area contributed by atoms with Gasteiger partial charge in [-0.15, -0.1) is 0 Å². The first-order valence-electron chi connectivity index (χ1n) is 5.06. The first-order chi connectivity index (χ1) is 8.88. The summed E-state index contributed by atoms with van der Waals surface area (Å²) in [5.41, 5.74) is 4.08. The number of carbonyl (C=O) groups excluding carboxylic acids is 1. The number of H-pyrrole nitrogens is 1. The third-order valence-corrected chi connectivity index (χ3v) is 2.24. The van der Waals surface area contributed by atoms with Gasteiger partial charge >= 0.3 is 6.18 Å². The van der Waals surface area contributed by atoms with Crippen LogP contribution in [0.5, 0.6) is 11.5 Å². The Hall–Kier alpha value is -2.51. The van der Waals surface area contributed by atoms with E-state index < -0.39 is 17.6 Å². The minimum absolute atomic E-state index is 0.0353. The Labute approximate surface area is 105 Å². The second-order valence-electron chi connectivity index (χ2n) is 3.60. The lowest BCUT2D eigenvalue weighted by atomic mass is 10.2. The van der Waals surface area contributed by atoms with Gasteiger partial charge < -0.3 is 10.5 Å². The Morgan fingerprint density at radius 2 is 2.11 bits per heavy atom. The van der Waals surface area contributed by atoms with E-state index in [-0.39, 0.29) is 17.2 Å². The van der Waals surface area contributed by atoms with Crippen molar-refractivity contribution in [3.8, 4) is 11.5 Å². The number of hydrogen-bond donors (Lipinski definition) is 2. The van der Waals surface area contributed by atoms with Crippen molar-refractivity contribution in [2.24, 2.45) is 5.73 Å². The van der Waals surface area contributed by atoms with Gasteiger partial charge in [-0.2, -0.15) is 18.3 Å². The van der Waals surface area contributed by atoms with Gasteiger partial charge in [0.05, 0.1) is 11.8 Å². The predicted octanol–water partition coefficient (Wildman–Crippen LogP) is 2.32. The number of aromatic amines is 1. The average Bonchev–Trinajstić information content (AvgIpc) is 2.76. The summed E-state index contributed by atoms with van der Waals surface area (Å²) in [7, 11) is 0. The van der Waals surface area contributed by atoms with Crippen LogP contribution in [-0.2, 0) is 6.18 Å². The molecule has 0 unspecified atom stereocenters. The molecule has 0 aliphatic rings. The van der Waals surface area contributed by atoms with Gasteiger partial charge in [0.15, 0.2) is 11.4 Å². The van der Waals surface area contributed by atoms with Gasteiger partial charge in [0.1, 0.15) is 5.75 Å². The van der Waals surface area contributed by atoms with Crippen LogP contribution in [0.3, 0.4) is 0 Å². The van der Waals surface area contributed by atoms with Crippen LogP contribution in [0, 0.1) is 0 Å². The standard InChI is InChI=1S/C11H8F3N3O2/c12-11(13,14)6-2-1-3-7(4-6)19-8-5-16-17-9(8)10(15)18/h1-5H,(H2,15,18)(H,16,17). The summed E-state index contributed by atoms with van der Waals surface area (Å²) >= 11 is 0. The fourth-order valence-corrected chi connectivity index (χ4v) is 1.39. The SMILES string of the molecule is NC(=O)c1[nH]ncc1Oc1cccc(C(F)(F)F)c1. The second kappa shape index (κ2) is 4.63. The van der Waals surface area contributed by atoms with Crippen molar-refractivity contribution >= 4 is 5.91 Å². The summed E-state index contributed by atoms with van der Waals surface area (Å²) in [5, 5.41) is 5.84. The summed E-state index contributed by atoms with van der Waals surface area (Å²) in [5.74, 6) is -0.926. The normalized spacial score (nSPS) is 11.3. The number of carbonyl (C=O) groups is 1. The molecule has 0 saturated carbocycles. The number of rotatable bonds is 3. The molecular formula is C11H8F3N3O2. The first kappa shape index (κ1) is 12.9. The van der Waals surface area contributed by atoms with Gasteiger partial charge in [0, 0.05) is 0 Å². The number of benzene rings is 1. The predicted molar refractivity (Wildman–Crippen MR) is 58.6 cm³/mol. The van der Waals surface area contributed by atoms with Crippen LogP contribution < -0.4 is 10.5 Å². The number of ether oxygens (including phenoxy) is 1. The van der Waals surface area contributed by atoms with E-state index in [0.717, 1.165) is 18.3 Å². The molecule has 2 rings (SSSR count).